The smallest absolute Gasteiger partial charge is 0.0415 e. The molecule has 2 nitrogen and oxygen atoms in total. The fourth-order valence-corrected chi connectivity index (χ4v) is 7.60. The summed E-state index contributed by atoms with van der Waals surface area (Å²) >= 11 is 0. The summed E-state index contributed by atoms with van der Waals surface area (Å²) in [6.07, 6.45) is 4.84. The lowest BCUT2D eigenvalue weighted by Crippen LogP contribution is -2.40. The molecule has 0 bridgehead atoms. The van der Waals surface area contributed by atoms with Crippen molar-refractivity contribution in [1.82, 2.24) is 0 Å². The van der Waals surface area contributed by atoms with Crippen LogP contribution in [0.4, 0.5) is 11.4 Å². The normalized spacial score (nSPS) is 15.4. The average Bonchev–Trinajstić information content (AvgIpc) is 3.61. The minimum absolute atomic E-state index is 0.0807. The van der Waals surface area contributed by atoms with Gasteiger partial charge in [-0.1, -0.05) is 117 Å². The molecular formula is C40H38N2. The van der Waals surface area contributed by atoms with E-state index in [1.165, 1.54) is 50.1 Å². The van der Waals surface area contributed by atoms with Gasteiger partial charge in [0.1, 0.15) is 0 Å². The van der Waals surface area contributed by atoms with Crippen molar-refractivity contribution in [1.29, 1.82) is 0 Å². The summed E-state index contributed by atoms with van der Waals surface area (Å²) in [5.74, 6) is 0.678. The Hall–Kier alpha value is -4.56. The summed E-state index contributed by atoms with van der Waals surface area (Å²) in [7, 11) is 4.03. The molecular weight excluding hydrogens is 508 g/mol. The Labute approximate surface area is 250 Å². The maximum atomic E-state index is 3.44. The molecule has 2 aliphatic rings. The van der Waals surface area contributed by atoms with Gasteiger partial charge in [-0.15, -0.1) is 0 Å². The monoisotopic (exact) mass is 546 g/mol. The Balaban J connectivity index is 1.63. The number of benzene rings is 5. The maximum absolute atomic E-state index is 3.44. The largest absolute Gasteiger partial charge is 0.388 e. The lowest BCUT2D eigenvalue weighted by Gasteiger charge is -2.46. The number of allylic oxidation sites excluding steroid dienone is 1. The third-order valence-corrected chi connectivity index (χ3v) is 9.62. The van der Waals surface area contributed by atoms with Gasteiger partial charge >= 0.3 is 0 Å². The van der Waals surface area contributed by atoms with Crippen LogP contribution < -0.4 is 10.6 Å². The molecule has 2 heteroatoms. The zero-order chi connectivity index (χ0) is 28.8. The first-order valence-electron chi connectivity index (χ1n) is 15.1. The summed E-state index contributed by atoms with van der Waals surface area (Å²) in [5, 5.41) is 6.87. The number of hydrogen-bond acceptors (Lipinski definition) is 2. The molecule has 5 aromatic rings. The minimum atomic E-state index is -0.404. The molecule has 42 heavy (non-hydrogen) atoms. The van der Waals surface area contributed by atoms with Crippen molar-refractivity contribution >= 4 is 17.5 Å². The fraction of sp³-hybridized carbons (Fsp3) is 0.200. The molecule has 2 aliphatic carbocycles. The number of hydrogen-bond donors (Lipinski definition) is 2. The molecule has 0 aromatic heterocycles. The summed E-state index contributed by atoms with van der Waals surface area (Å²) in [6.45, 7) is 4.59. The van der Waals surface area contributed by atoms with Crippen LogP contribution in [-0.2, 0) is 5.41 Å². The number of rotatable bonds is 7. The van der Waals surface area contributed by atoms with Gasteiger partial charge in [-0.2, -0.15) is 0 Å². The van der Waals surface area contributed by atoms with Crippen LogP contribution in [0.5, 0.6) is 0 Å². The van der Waals surface area contributed by atoms with Gasteiger partial charge < -0.3 is 10.6 Å². The van der Waals surface area contributed by atoms with Gasteiger partial charge in [-0.25, -0.2) is 0 Å². The number of fused-ring (bicyclic) bond motifs is 4. The van der Waals surface area contributed by atoms with Crippen LogP contribution >= 0.6 is 0 Å². The summed E-state index contributed by atoms with van der Waals surface area (Å²) in [4.78, 5) is 0. The van der Waals surface area contributed by atoms with E-state index in [1.54, 1.807) is 0 Å². The number of nitrogens with one attached hydrogen (secondary N) is 2. The van der Waals surface area contributed by atoms with Gasteiger partial charge in [-0.3, -0.25) is 0 Å². The molecule has 208 valence electrons. The van der Waals surface area contributed by atoms with E-state index in [9.17, 15) is 0 Å². The Morgan fingerprint density at radius 1 is 0.595 bits per heavy atom. The summed E-state index contributed by atoms with van der Waals surface area (Å²) < 4.78 is 0. The SMILES string of the molecule is CNc1ccc2c(c1)C(C(c1ccccc1)(c1ccccc1)C1C=Cc3ccc(C(C)C)cc31)c1cc(NC)ccc1-2. The van der Waals surface area contributed by atoms with E-state index in [0.717, 1.165) is 11.4 Å². The van der Waals surface area contributed by atoms with Crippen molar-refractivity contribution in [2.75, 3.05) is 24.7 Å². The van der Waals surface area contributed by atoms with E-state index in [2.05, 4.69) is 152 Å². The second kappa shape index (κ2) is 10.4. The van der Waals surface area contributed by atoms with Crippen molar-refractivity contribution in [3.63, 3.8) is 0 Å². The molecule has 0 saturated heterocycles. The first-order chi connectivity index (χ1) is 20.6. The van der Waals surface area contributed by atoms with E-state index < -0.39 is 5.41 Å². The van der Waals surface area contributed by atoms with Crippen LogP contribution in [-0.4, -0.2) is 14.1 Å². The zero-order valence-electron chi connectivity index (χ0n) is 24.9. The molecule has 0 aliphatic heterocycles. The molecule has 0 fully saturated rings. The summed E-state index contributed by atoms with van der Waals surface area (Å²) in [6, 6.07) is 43.5. The second-order valence-electron chi connectivity index (χ2n) is 12.0. The van der Waals surface area contributed by atoms with Gasteiger partial charge in [0, 0.05) is 42.7 Å². The molecule has 0 saturated carbocycles. The van der Waals surface area contributed by atoms with Gasteiger partial charge in [0.25, 0.3) is 0 Å². The van der Waals surface area contributed by atoms with Crippen molar-refractivity contribution in [2.45, 2.75) is 37.0 Å². The Bertz CT molecular complexity index is 1690. The first-order valence-corrected chi connectivity index (χ1v) is 15.1. The molecule has 0 spiro atoms. The van der Waals surface area contributed by atoms with Gasteiger partial charge in [0.15, 0.2) is 0 Å². The Morgan fingerprint density at radius 3 is 1.64 bits per heavy atom. The van der Waals surface area contributed by atoms with Gasteiger partial charge in [0.2, 0.25) is 0 Å². The van der Waals surface area contributed by atoms with E-state index in [-0.39, 0.29) is 11.8 Å². The fourth-order valence-electron chi connectivity index (χ4n) is 7.60. The van der Waals surface area contributed by atoms with E-state index in [1.807, 2.05) is 14.1 Å². The van der Waals surface area contributed by atoms with Crippen molar-refractivity contribution in [3.05, 3.63) is 160 Å². The zero-order valence-corrected chi connectivity index (χ0v) is 24.9. The third-order valence-electron chi connectivity index (χ3n) is 9.62. The van der Waals surface area contributed by atoms with Crippen LogP contribution in [0.2, 0.25) is 0 Å². The second-order valence-corrected chi connectivity index (χ2v) is 12.0. The molecule has 2 N–H and O–H groups in total. The van der Waals surface area contributed by atoms with Crippen LogP contribution in [0.15, 0.2) is 121 Å². The number of anilines is 2. The Kier molecular flexibility index (Phi) is 6.50. The van der Waals surface area contributed by atoms with Crippen LogP contribution in [0.25, 0.3) is 17.2 Å². The molecule has 1 atom stereocenters. The molecule has 5 aromatic carbocycles. The molecule has 0 radical (unpaired) electrons. The first kappa shape index (κ1) is 26.3. The van der Waals surface area contributed by atoms with Crippen LogP contribution in [0, 0.1) is 0 Å². The molecule has 0 amide bonds. The highest BCUT2D eigenvalue weighted by Gasteiger charge is 2.53. The highest BCUT2D eigenvalue weighted by Crippen LogP contribution is 2.63. The third kappa shape index (κ3) is 3.93. The Morgan fingerprint density at radius 2 is 1.14 bits per heavy atom. The lowest BCUT2D eigenvalue weighted by molar-refractivity contribution is 0.416. The standard InChI is InChI=1S/C40H38N2/c1-26(2)28-16-15-27-17-22-38(35(27)23-28)40(29-11-7-5-8-12-29,30-13-9-6-10-14-30)39-36-24-31(41-3)18-20-33(36)34-21-19-32(42-4)25-37(34)39/h5-26,38-39,41-42H,1-4H3. The minimum Gasteiger partial charge on any atom is -0.388 e. The van der Waals surface area contributed by atoms with Crippen molar-refractivity contribution in [2.24, 2.45) is 0 Å². The lowest BCUT2D eigenvalue weighted by atomic mass is 9.55. The van der Waals surface area contributed by atoms with Gasteiger partial charge in [0.05, 0.1) is 0 Å². The van der Waals surface area contributed by atoms with Crippen molar-refractivity contribution in [3.8, 4) is 11.1 Å². The van der Waals surface area contributed by atoms with E-state index in [4.69, 9.17) is 0 Å². The predicted octanol–water partition coefficient (Wildman–Crippen LogP) is 9.80. The average molecular weight is 547 g/mol. The van der Waals surface area contributed by atoms with Crippen molar-refractivity contribution < 1.29 is 0 Å². The maximum Gasteiger partial charge on any atom is 0.0415 e. The van der Waals surface area contributed by atoms with E-state index in [0.29, 0.717) is 5.92 Å². The molecule has 0 heterocycles. The topological polar surface area (TPSA) is 24.1 Å². The highest BCUT2D eigenvalue weighted by atomic mass is 14.8. The molecule has 7 rings (SSSR count). The highest BCUT2D eigenvalue weighted by molar-refractivity contribution is 5.85. The predicted molar refractivity (Wildman–Crippen MR) is 179 cm³/mol. The van der Waals surface area contributed by atoms with Crippen LogP contribution in [0.3, 0.4) is 0 Å². The van der Waals surface area contributed by atoms with Crippen LogP contribution in [0.1, 0.15) is 70.5 Å². The van der Waals surface area contributed by atoms with E-state index >= 15 is 0 Å². The van der Waals surface area contributed by atoms with Gasteiger partial charge in [-0.05, 0) is 80.3 Å². The summed E-state index contributed by atoms with van der Waals surface area (Å²) in [5.41, 5.74) is 14.1. The quantitative estimate of drug-likeness (QED) is 0.212. The molecule has 1 unspecified atom stereocenters.